The van der Waals surface area contributed by atoms with E-state index in [0.29, 0.717) is 0 Å². The van der Waals surface area contributed by atoms with Crippen LogP contribution < -0.4 is 5.73 Å². The molecule has 0 bridgehead atoms. The van der Waals surface area contributed by atoms with Gasteiger partial charge in [0.2, 0.25) is 0 Å². The molecule has 2 fully saturated rings. The molecule has 0 amide bonds. The van der Waals surface area contributed by atoms with Crippen molar-refractivity contribution in [3.05, 3.63) is 0 Å². The molecule has 2 aliphatic rings. The predicted octanol–water partition coefficient (Wildman–Crippen LogP) is -3.75. The van der Waals surface area contributed by atoms with Gasteiger partial charge in [0.05, 0.1) is 12.7 Å². The highest BCUT2D eigenvalue weighted by Gasteiger charge is 2.49. The Bertz CT molecular complexity index is 384. The Kier molecular flexibility index (Phi) is 6.30. The molecule has 7 N–H and O–H groups in total. The second-order valence-corrected chi connectivity index (χ2v) is 5.79. The van der Waals surface area contributed by atoms with Crippen molar-refractivity contribution in [2.75, 3.05) is 13.7 Å². The van der Waals surface area contributed by atoms with Crippen LogP contribution in [0.25, 0.3) is 0 Å². The zero-order valence-corrected chi connectivity index (χ0v) is 12.9. The minimum atomic E-state index is -1.48. The first-order valence-electron chi connectivity index (χ1n) is 7.39. The third-order valence-electron chi connectivity index (χ3n) is 4.24. The Hall–Kier alpha value is -0.400. The summed E-state index contributed by atoms with van der Waals surface area (Å²) >= 11 is 0. The third-order valence-corrected chi connectivity index (χ3v) is 4.24. The van der Waals surface area contributed by atoms with Gasteiger partial charge in [0, 0.05) is 7.11 Å². The van der Waals surface area contributed by atoms with Crippen molar-refractivity contribution in [3.8, 4) is 0 Å². The van der Waals surface area contributed by atoms with Crippen molar-refractivity contribution >= 4 is 0 Å². The van der Waals surface area contributed by atoms with E-state index in [0.717, 1.165) is 0 Å². The van der Waals surface area contributed by atoms with Gasteiger partial charge in [-0.3, -0.25) is 0 Å². The van der Waals surface area contributed by atoms with E-state index >= 15 is 0 Å². The summed E-state index contributed by atoms with van der Waals surface area (Å²) in [5.74, 6) is 0. The van der Waals surface area contributed by atoms with Crippen LogP contribution in [-0.4, -0.2) is 101 Å². The van der Waals surface area contributed by atoms with Gasteiger partial charge in [-0.25, -0.2) is 0 Å². The summed E-state index contributed by atoms with van der Waals surface area (Å²) in [6.07, 6.45) is -11.6. The summed E-state index contributed by atoms with van der Waals surface area (Å²) in [5.41, 5.74) is 5.53. The summed E-state index contributed by atoms with van der Waals surface area (Å²) in [5, 5.41) is 49.3. The van der Waals surface area contributed by atoms with E-state index in [1.54, 1.807) is 6.92 Å². The fraction of sp³-hybridized carbons (Fsp3) is 1.00. The summed E-state index contributed by atoms with van der Waals surface area (Å²) in [6, 6.07) is 0. The number of ether oxygens (including phenoxy) is 4. The summed E-state index contributed by atoms with van der Waals surface area (Å²) in [7, 11) is 1.31. The second-order valence-electron chi connectivity index (χ2n) is 5.79. The molecule has 10 heteroatoms. The van der Waals surface area contributed by atoms with Crippen molar-refractivity contribution < 1.29 is 44.5 Å². The number of nitrogens with two attached hydrogens (primary N) is 1. The van der Waals surface area contributed by atoms with Crippen LogP contribution in [0.3, 0.4) is 0 Å². The number of rotatable bonds is 4. The fourth-order valence-electron chi connectivity index (χ4n) is 2.87. The maximum atomic E-state index is 10.1. The highest BCUT2D eigenvalue weighted by Crippen LogP contribution is 2.28. The molecule has 136 valence electrons. The number of aliphatic hydroxyl groups is 5. The Labute approximate surface area is 133 Å². The van der Waals surface area contributed by atoms with Gasteiger partial charge in [0.1, 0.15) is 49.0 Å². The van der Waals surface area contributed by atoms with Crippen LogP contribution in [0.2, 0.25) is 0 Å². The molecular weight excluding hydrogens is 314 g/mol. The topological polar surface area (TPSA) is 164 Å². The first-order chi connectivity index (χ1) is 10.8. The molecule has 0 aromatic carbocycles. The maximum absolute atomic E-state index is 10.1. The molecule has 0 aromatic heterocycles. The number of hydrogen-bond donors (Lipinski definition) is 6. The van der Waals surface area contributed by atoms with E-state index in [4.69, 9.17) is 24.7 Å². The standard InChI is InChI=1S/C13H25NO9/c1-4-10(6(16)8(18)12(14)21-4)23-13-9(19)7(17)11(20-2)5(3-15)22-13/h4-13,15-19H,3,14H2,1-2H3/t4-,5-,6-,7-,8-,9-,10-,11-,12?,13+/m1/s1. The summed E-state index contributed by atoms with van der Waals surface area (Å²) < 4.78 is 21.1. The zero-order chi connectivity index (χ0) is 17.3. The minimum absolute atomic E-state index is 0.463. The third kappa shape index (κ3) is 3.66. The van der Waals surface area contributed by atoms with Crippen molar-refractivity contribution in [2.24, 2.45) is 5.73 Å². The van der Waals surface area contributed by atoms with Gasteiger partial charge in [-0.05, 0) is 6.92 Å². The minimum Gasteiger partial charge on any atom is -0.394 e. The van der Waals surface area contributed by atoms with Gasteiger partial charge in [-0.2, -0.15) is 0 Å². The monoisotopic (exact) mass is 339 g/mol. The van der Waals surface area contributed by atoms with E-state index in [9.17, 15) is 25.5 Å². The molecule has 10 atom stereocenters. The number of methoxy groups -OCH3 is 1. The Morgan fingerprint density at radius 3 is 2.13 bits per heavy atom. The quantitative estimate of drug-likeness (QED) is 0.300. The average Bonchev–Trinajstić information content (AvgIpc) is 2.53. The van der Waals surface area contributed by atoms with Gasteiger partial charge in [0.15, 0.2) is 6.29 Å². The number of hydrogen-bond acceptors (Lipinski definition) is 10. The van der Waals surface area contributed by atoms with Gasteiger partial charge in [-0.1, -0.05) is 0 Å². The normalized spacial score (nSPS) is 51.7. The molecule has 0 saturated carbocycles. The molecule has 0 aromatic rings. The van der Waals surface area contributed by atoms with Crippen molar-refractivity contribution in [1.82, 2.24) is 0 Å². The Balaban J connectivity index is 2.09. The maximum Gasteiger partial charge on any atom is 0.187 e. The van der Waals surface area contributed by atoms with Crippen LogP contribution in [0.5, 0.6) is 0 Å². The molecule has 1 unspecified atom stereocenters. The first kappa shape index (κ1) is 18.9. The van der Waals surface area contributed by atoms with Crippen LogP contribution in [-0.2, 0) is 18.9 Å². The predicted molar refractivity (Wildman–Crippen MR) is 74.0 cm³/mol. The van der Waals surface area contributed by atoms with E-state index < -0.39 is 68.0 Å². The van der Waals surface area contributed by atoms with E-state index in [1.165, 1.54) is 7.11 Å². The lowest BCUT2D eigenvalue weighted by atomic mass is 9.97. The van der Waals surface area contributed by atoms with Crippen LogP contribution in [0.4, 0.5) is 0 Å². The number of aliphatic hydroxyl groups excluding tert-OH is 5. The van der Waals surface area contributed by atoms with Crippen molar-refractivity contribution in [3.63, 3.8) is 0 Å². The van der Waals surface area contributed by atoms with Crippen molar-refractivity contribution in [2.45, 2.75) is 68.3 Å². The lowest BCUT2D eigenvalue weighted by Crippen LogP contribution is -2.64. The smallest absolute Gasteiger partial charge is 0.187 e. The molecule has 2 saturated heterocycles. The van der Waals surface area contributed by atoms with E-state index in [1.807, 2.05) is 0 Å². The molecule has 2 heterocycles. The molecule has 0 radical (unpaired) electrons. The Morgan fingerprint density at radius 2 is 1.57 bits per heavy atom. The largest absolute Gasteiger partial charge is 0.394 e. The lowest BCUT2D eigenvalue weighted by Gasteiger charge is -2.45. The highest BCUT2D eigenvalue weighted by molar-refractivity contribution is 4.93. The molecule has 2 rings (SSSR count). The molecule has 10 nitrogen and oxygen atoms in total. The summed E-state index contributed by atoms with van der Waals surface area (Å²) in [4.78, 5) is 0. The van der Waals surface area contributed by atoms with Crippen LogP contribution in [0, 0.1) is 0 Å². The van der Waals surface area contributed by atoms with Crippen LogP contribution >= 0.6 is 0 Å². The van der Waals surface area contributed by atoms with E-state index in [2.05, 4.69) is 0 Å². The fourth-order valence-corrected chi connectivity index (χ4v) is 2.87. The first-order valence-corrected chi connectivity index (χ1v) is 7.39. The molecular formula is C13H25NO9. The van der Waals surface area contributed by atoms with E-state index in [-0.39, 0.29) is 0 Å². The van der Waals surface area contributed by atoms with Gasteiger partial charge < -0.3 is 50.2 Å². The highest BCUT2D eigenvalue weighted by atomic mass is 16.7. The van der Waals surface area contributed by atoms with Gasteiger partial charge in [0.25, 0.3) is 0 Å². The Morgan fingerprint density at radius 1 is 0.957 bits per heavy atom. The van der Waals surface area contributed by atoms with Gasteiger partial charge >= 0.3 is 0 Å². The van der Waals surface area contributed by atoms with Crippen LogP contribution in [0.15, 0.2) is 0 Å². The molecule has 0 aliphatic carbocycles. The van der Waals surface area contributed by atoms with Crippen LogP contribution in [0.1, 0.15) is 6.92 Å². The molecule has 2 aliphatic heterocycles. The lowest BCUT2D eigenvalue weighted by molar-refractivity contribution is -0.340. The zero-order valence-electron chi connectivity index (χ0n) is 12.9. The van der Waals surface area contributed by atoms with Crippen molar-refractivity contribution in [1.29, 1.82) is 0 Å². The average molecular weight is 339 g/mol. The van der Waals surface area contributed by atoms with Gasteiger partial charge in [-0.15, -0.1) is 0 Å². The molecule has 23 heavy (non-hydrogen) atoms. The summed E-state index contributed by atoms with van der Waals surface area (Å²) in [6.45, 7) is 1.11. The molecule has 0 spiro atoms. The second kappa shape index (κ2) is 7.66. The SMILES string of the molecule is CO[C@H]1[C@H](O)[C@@H](O)[C@H](O[C@H]2[C@H](O)[C@@H](O)C(N)O[C@@H]2C)O[C@@H]1CO.